The number of aliphatic carboxylic acids is 1. The number of anilines is 1. The molecule has 0 saturated carbocycles. The van der Waals surface area contributed by atoms with E-state index in [9.17, 15) is 24.3 Å². The van der Waals surface area contributed by atoms with Crippen molar-refractivity contribution in [3.8, 4) is 0 Å². The second-order valence-corrected chi connectivity index (χ2v) is 10.3. The standard InChI is InChI=1S/C22H21N7O6S2/c23-22-25-12(10-37-22)14(27-35-13-4-5-24-17(13)30)18(31)26-15-19(32)29-16(21(33)34)11(9-36-20(15)29)8-28-6-2-1-3-7-28/h1-3,6-7,10,13,15,20H,4-5,8-9H2,(H4-,23,24,25,26,30,31,33,34)/t13?,15-,20+/m1/s1. The first-order valence-electron chi connectivity index (χ1n) is 11.2. The molecule has 3 amide bonds. The highest BCUT2D eigenvalue weighted by Gasteiger charge is 2.53. The summed E-state index contributed by atoms with van der Waals surface area (Å²) in [6, 6.07) is 4.47. The van der Waals surface area contributed by atoms with E-state index in [4.69, 9.17) is 10.6 Å². The van der Waals surface area contributed by atoms with Gasteiger partial charge in [0.15, 0.2) is 29.8 Å². The first-order chi connectivity index (χ1) is 17.8. The second-order valence-electron chi connectivity index (χ2n) is 8.33. The predicted molar refractivity (Wildman–Crippen MR) is 129 cm³/mol. The molecule has 0 bridgehead atoms. The molecule has 15 heteroatoms. The number of thioether (sulfide) groups is 1. The van der Waals surface area contributed by atoms with Crippen LogP contribution < -0.4 is 26.0 Å². The maximum atomic E-state index is 13.2. The number of nitrogens with zero attached hydrogens (tertiary/aromatic N) is 4. The number of carboxylic acids is 1. The number of rotatable bonds is 8. The number of β-lactam (4-membered cyclic amide) rings is 1. The molecule has 0 aliphatic carbocycles. The van der Waals surface area contributed by atoms with E-state index in [-0.39, 0.29) is 34.7 Å². The van der Waals surface area contributed by atoms with Crippen LogP contribution >= 0.6 is 23.1 Å². The second kappa shape index (κ2) is 10.2. The van der Waals surface area contributed by atoms with Crippen molar-refractivity contribution in [2.75, 3.05) is 18.0 Å². The van der Waals surface area contributed by atoms with Gasteiger partial charge in [0.25, 0.3) is 17.7 Å². The van der Waals surface area contributed by atoms with E-state index in [1.807, 2.05) is 18.2 Å². The van der Waals surface area contributed by atoms with Gasteiger partial charge in [-0.05, 0) is 0 Å². The molecular weight excluding hydrogens is 522 g/mol. The molecule has 2 aromatic heterocycles. The van der Waals surface area contributed by atoms with Gasteiger partial charge >= 0.3 is 0 Å². The van der Waals surface area contributed by atoms with Crippen LogP contribution in [0.3, 0.4) is 0 Å². The third-order valence-electron chi connectivity index (χ3n) is 5.93. The number of nitrogens with two attached hydrogens (primary N) is 1. The number of amides is 3. The maximum absolute atomic E-state index is 13.2. The number of carbonyl (C=O) groups is 4. The lowest BCUT2D eigenvalue weighted by Gasteiger charge is -2.50. The monoisotopic (exact) mass is 543 g/mol. The number of fused-ring (bicyclic) bond motifs is 1. The molecular formula is C22H21N7O6S2. The molecule has 0 spiro atoms. The summed E-state index contributed by atoms with van der Waals surface area (Å²) in [6.45, 7) is 0.702. The van der Waals surface area contributed by atoms with Crippen molar-refractivity contribution >= 4 is 57.6 Å². The highest BCUT2D eigenvalue weighted by atomic mass is 32.2. The summed E-state index contributed by atoms with van der Waals surface area (Å²) in [5, 5.41) is 22.1. The van der Waals surface area contributed by atoms with E-state index in [2.05, 4.69) is 20.8 Å². The van der Waals surface area contributed by atoms with Gasteiger partial charge in [-0.2, -0.15) is 0 Å². The minimum atomic E-state index is -1.46. The van der Waals surface area contributed by atoms with Crippen LogP contribution in [0.25, 0.3) is 0 Å². The molecule has 2 fully saturated rings. The third-order valence-corrected chi connectivity index (χ3v) is 7.94. The van der Waals surface area contributed by atoms with Crippen molar-refractivity contribution in [2.45, 2.75) is 30.5 Å². The van der Waals surface area contributed by atoms with Crippen LogP contribution in [0.4, 0.5) is 5.13 Å². The smallest absolute Gasteiger partial charge is 0.276 e. The molecule has 5 rings (SSSR count). The van der Waals surface area contributed by atoms with Gasteiger partial charge in [0, 0.05) is 41.8 Å². The van der Waals surface area contributed by atoms with Gasteiger partial charge in [0.1, 0.15) is 17.1 Å². The molecule has 3 atom stereocenters. The first kappa shape index (κ1) is 24.7. The predicted octanol–water partition coefficient (Wildman–Crippen LogP) is -2.27. The molecule has 2 aromatic rings. The molecule has 3 aliphatic heterocycles. The highest BCUT2D eigenvalue weighted by molar-refractivity contribution is 8.00. The summed E-state index contributed by atoms with van der Waals surface area (Å²) < 4.78 is 1.80. The number of oxime groups is 1. The van der Waals surface area contributed by atoms with Crippen LogP contribution in [-0.2, 0) is 30.6 Å². The van der Waals surface area contributed by atoms with Crippen molar-refractivity contribution in [2.24, 2.45) is 5.16 Å². The van der Waals surface area contributed by atoms with Gasteiger partial charge in [0.2, 0.25) is 6.10 Å². The maximum Gasteiger partial charge on any atom is 0.276 e. The van der Waals surface area contributed by atoms with Crippen molar-refractivity contribution in [3.05, 3.63) is 52.9 Å². The SMILES string of the molecule is Nc1nc(C(=NOC2CCNC2=O)C(=O)N[C@@H]2C(=O)N3C(C(=O)[O-])=C(C[n+]4ccccc4)CS[C@@H]23)cs1. The summed E-state index contributed by atoms with van der Waals surface area (Å²) in [6.07, 6.45) is 3.11. The van der Waals surface area contributed by atoms with Crippen molar-refractivity contribution in [3.63, 3.8) is 0 Å². The van der Waals surface area contributed by atoms with Crippen molar-refractivity contribution in [1.82, 2.24) is 20.5 Å². The fraction of sp³-hybridized carbons (Fsp3) is 0.318. The van der Waals surface area contributed by atoms with Crippen LogP contribution in [0, 0.1) is 0 Å². The zero-order chi connectivity index (χ0) is 26.1. The topological polar surface area (TPSA) is 183 Å². The lowest BCUT2D eigenvalue weighted by molar-refractivity contribution is -0.689. The third kappa shape index (κ3) is 4.86. The molecule has 1 unspecified atom stereocenters. The summed E-state index contributed by atoms with van der Waals surface area (Å²) >= 11 is 2.41. The lowest BCUT2D eigenvalue weighted by atomic mass is 10.0. The average molecular weight is 544 g/mol. The molecule has 0 radical (unpaired) electrons. The number of aromatic nitrogens is 2. The Morgan fingerprint density at radius 2 is 2.11 bits per heavy atom. The van der Waals surface area contributed by atoms with E-state index >= 15 is 0 Å². The van der Waals surface area contributed by atoms with Crippen LogP contribution in [0.2, 0.25) is 0 Å². The number of carbonyl (C=O) groups excluding carboxylic acids is 4. The number of carboxylic acid groups (broad SMARTS) is 1. The Bertz CT molecular complexity index is 1330. The Morgan fingerprint density at radius 1 is 1.32 bits per heavy atom. The van der Waals surface area contributed by atoms with Crippen LogP contribution in [0.15, 0.2) is 52.4 Å². The normalized spacial score (nSPS) is 23.3. The lowest BCUT2D eigenvalue weighted by Crippen LogP contribution is -2.71. The number of thiazole rings is 1. The number of pyridine rings is 1. The molecule has 13 nitrogen and oxygen atoms in total. The Kier molecular flexibility index (Phi) is 6.80. The summed E-state index contributed by atoms with van der Waals surface area (Å²) in [4.78, 5) is 60.5. The highest BCUT2D eigenvalue weighted by Crippen LogP contribution is 2.40. The van der Waals surface area contributed by atoms with Gasteiger partial charge < -0.3 is 31.1 Å². The molecule has 0 aromatic carbocycles. The number of nitrogen functional groups attached to an aromatic ring is 1. The van der Waals surface area contributed by atoms with Crippen LogP contribution in [0.1, 0.15) is 12.1 Å². The molecule has 5 heterocycles. The zero-order valence-corrected chi connectivity index (χ0v) is 20.8. The molecule has 3 aliphatic rings. The zero-order valence-electron chi connectivity index (χ0n) is 19.2. The number of hydrogen-bond donors (Lipinski definition) is 3. The fourth-order valence-electron chi connectivity index (χ4n) is 4.15. The van der Waals surface area contributed by atoms with Gasteiger partial charge in [-0.3, -0.25) is 19.3 Å². The van der Waals surface area contributed by atoms with E-state index in [1.54, 1.807) is 17.0 Å². The largest absolute Gasteiger partial charge is 0.543 e. The van der Waals surface area contributed by atoms with Crippen molar-refractivity contribution in [1.29, 1.82) is 0 Å². The number of hydrogen-bond acceptors (Lipinski definition) is 11. The van der Waals surface area contributed by atoms with E-state index in [1.165, 1.54) is 17.1 Å². The Labute approximate surface area is 218 Å². The molecule has 37 heavy (non-hydrogen) atoms. The van der Waals surface area contributed by atoms with E-state index < -0.39 is 35.3 Å². The quantitative estimate of drug-likeness (QED) is 0.143. The fourth-order valence-corrected chi connectivity index (χ4v) is 6.04. The summed E-state index contributed by atoms with van der Waals surface area (Å²) in [5.74, 6) is -2.84. The Morgan fingerprint density at radius 3 is 2.76 bits per heavy atom. The van der Waals surface area contributed by atoms with Gasteiger partial charge in [-0.1, -0.05) is 11.2 Å². The summed E-state index contributed by atoms with van der Waals surface area (Å²) in [5.41, 5.74) is 5.91. The molecule has 4 N–H and O–H groups in total. The van der Waals surface area contributed by atoms with Crippen LogP contribution in [0.5, 0.6) is 0 Å². The van der Waals surface area contributed by atoms with Crippen molar-refractivity contribution < 1.29 is 33.7 Å². The van der Waals surface area contributed by atoms with E-state index in [0.717, 1.165) is 16.2 Å². The average Bonchev–Trinajstić information content (AvgIpc) is 3.50. The van der Waals surface area contributed by atoms with E-state index in [0.29, 0.717) is 24.3 Å². The summed E-state index contributed by atoms with van der Waals surface area (Å²) in [7, 11) is 0. The molecule has 2 saturated heterocycles. The first-order valence-corrected chi connectivity index (χ1v) is 13.1. The Hall–Kier alpha value is -3.98. The Balaban J connectivity index is 1.34. The minimum Gasteiger partial charge on any atom is -0.543 e. The minimum absolute atomic E-state index is 0.121. The number of nitrogens with one attached hydrogen (secondary N) is 2. The van der Waals surface area contributed by atoms with Crippen LogP contribution in [-0.4, -0.2) is 69.1 Å². The van der Waals surface area contributed by atoms with Gasteiger partial charge in [0.05, 0.1) is 11.7 Å². The van der Waals surface area contributed by atoms with Gasteiger partial charge in [-0.25, -0.2) is 9.55 Å². The molecule has 192 valence electrons. The van der Waals surface area contributed by atoms with Gasteiger partial charge in [-0.15, -0.1) is 23.1 Å².